The lowest BCUT2D eigenvalue weighted by molar-refractivity contribution is 0.342. The maximum atomic E-state index is 11.9. The Balaban J connectivity index is 2.02. The number of nitrogens with one attached hydrogen (secondary N) is 2. The van der Waals surface area contributed by atoms with Gasteiger partial charge in [-0.25, -0.2) is 13.1 Å². The molecule has 0 saturated heterocycles. The fourth-order valence-electron chi connectivity index (χ4n) is 2.20. The molecule has 17 heavy (non-hydrogen) atoms. The van der Waals surface area contributed by atoms with Crippen LogP contribution in [0.5, 0.6) is 0 Å². The lowest BCUT2D eigenvalue weighted by Crippen LogP contribution is -2.37. The fraction of sp³-hybridized carbons (Fsp3) is 0.700. The van der Waals surface area contributed by atoms with Crippen LogP contribution in [0.2, 0.25) is 0 Å². The number of aromatic amines is 1. The van der Waals surface area contributed by atoms with Gasteiger partial charge in [0.25, 0.3) is 10.0 Å². The van der Waals surface area contributed by atoms with Gasteiger partial charge in [-0.2, -0.15) is 5.10 Å². The number of alkyl halides is 1. The highest BCUT2D eigenvalue weighted by atomic mass is 35.5. The molecule has 5 nitrogen and oxygen atoms in total. The normalized spacial score (nSPS) is 19.6. The van der Waals surface area contributed by atoms with Gasteiger partial charge in [0.05, 0.1) is 6.20 Å². The molecule has 1 aliphatic carbocycles. The summed E-state index contributed by atoms with van der Waals surface area (Å²) in [6, 6.07) is 1.43. The predicted octanol–water partition coefficient (Wildman–Crippen LogP) is 1.49. The van der Waals surface area contributed by atoms with Crippen LogP contribution in [-0.2, 0) is 10.0 Å². The summed E-state index contributed by atoms with van der Waals surface area (Å²) in [7, 11) is -3.48. The van der Waals surface area contributed by atoms with Gasteiger partial charge in [-0.1, -0.05) is 12.8 Å². The first kappa shape index (κ1) is 12.9. The third kappa shape index (κ3) is 2.81. The Morgan fingerprint density at radius 3 is 2.71 bits per heavy atom. The van der Waals surface area contributed by atoms with Crippen molar-refractivity contribution in [2.24, 2.45) is 5.41 Å². The molecular weight excluding hydrogens is 262 g/mol. The second-order valence-electron chi connectivity index (χ2n) is 4.59. The van der Waals surface area contributed by atoms with Crippen molar-refractivity contribution in [1.29, 1.82) is 0 Å². The Morgan fingerprint density at radius 2 is 2.18 bits per heavy atom. The van der Waals surface area contributed by atoms with Gasteiger partial charge in [0.1, 0.15) is 0 Å². The van der Waals surface area contributed by atoms with Crippen molar-refractivity contribution < 1.29 is 8.42 Å². The van der Waals surface area contributed by atoms with Crippen LogP contribution in [-0.4, -0.2) is 31.0 Å². The maximum Gasteiger partial charge on any atom is 0.257 e. The summed E-state index contributed by atoms with van der Waals surface area (Å²) in [6.45, 7) is 0.401. The predicted molar refractivity (Wildman–Crippen MR) is 65.4 cm³/mol. The number of sulfonamides is 1. The number of hydrogen-bond acceptors (Lipinski definition) is 3. The van der Waals surface area contributed by atoms with Crippen molar-refractivity contribution in [2.45, 2.75) is 30.7 Å². The van der Waals surface area contributed by atoms with E-state index in [4.69, 9.17) is 11.6 Å². The van der Waals surface area contributed by atoms with Crippen molar-refractivity contribution in [3.05, 3.63) is 12.3 Å². The third-order valence-electron chi connectivity index (χ3n) is 3.35. The molecule has 2 rings (SSSR count). The molecule has 7 heteroatoms. The first-order valence-corrected chi connectivity index (χ1v) is 7.65. The van der Waals surface area contributed by atoms with Crippen LogP contribution >= 0.6 is 11.6 Å². The lowest BCUT2D eigenvalue weighted by Gasteiger charge is -2.26. The molecule has 0 radical (unpaired) electrons. The number of rotatable bonds is 5. The molecular formula is C10H16ClN3O2S. The second-order valence-corrected chi connectivity index (χ2v) is 6.59. The zero-order chi connectivity index (χ0) is 12.4. The summed E-state index contributed by atoms with van der Waals surface area (Å²) in [6.07, 6.45) is 5.64. The van der Waals surface area contributed by atoms with Crippen LogP contribution in [0.4, 0.5) is 0 Å². The van der Waals surface area contributed by atoms with Gasteiger partial charge in [0.2, 0.25) is 0 Å². The molecule has 2 N–H and O–H groups in total. The van der Waals surface area contributed by atoms with Crippen LogP contribution in [0, 0.1) is 5.41 Å². The molecule has 96 valence electrons. The first-order valence-electron chi connectivity index (χ1n) is 5.63. The highest BCUT2D eigenvalue weighted by molar-refractivity contribution is 7.89. The second kappa shape index (κ2) is 4.96. The van der Waals surface area contributed by atoms with Crippen LogP contribution in [0.1, 0.15) is 25.7 Å². The van der Waals surface area contributed by atoms with Crippen molar-refractivity contribution in [3.63, 3.8) is 0 Å². The molecule has 1 aromatic rings. The standard InChI is InChI=1S/C10H16ClN3O2S/c11-7-10(4-1-2-5-10)8-13-17(15,16)9-3-6-12-14-9/h3,6,13H,1-2,4-5,7-8H2,(H,12,14). The average molecular weight is 278 g/mol. The van der Waals surface area contributed by atoms with Gasteiger partial charge >= 0.3 is 0 Å². The molecule has 1 aliphatic rings. The molecule has 0 spiro atoms. The summed E-state index contributed by atoms with van der Waals surface area (Å²) < 4.78 is 26.4. The largest absolute Gasteiger partial charge is 0.266 e. The number of hydrogen-bond donors (Lipinski definition) is 2. The van der Waals surface area contributed by atoms with Gasteiger partial charge in [-0.3, -0.25) is 5.10 Å². The Labute approximate surface area is 106 Å². The summed E-state index contributed by atoms with van der Waals surface area (Å²) in [5, 5.41) is 6.18. The van der Waals surface area contributed by atoms with Gasteiger partial charge in [0, 0.05) is 12.4 Å². The van der Waals surface area contributed by atoms with Crippen LogP contribution in [0.25, 0.3) is 0 Å². The molecule has 1 heterocycles. The first-order chi connectivity index (χ1) is 8.08. The Morgan fingerprint density at radius 1 is 1.47 bits per heavy atom. The molecule has 1 fully saturated rings. The molecule has 0 aromatic carbocycles. The van der Waals surface area contributed by atoms with Gasteiger partial charge < -0.3 is 0 Å². The maximum absolute atomic E-state index is 11.9. The van der Waals surface area contributed by atoms with E-state index in [1.807, 2.05) is 0 Å². The SMILES string of the molecule is O=S(=O)(NCC1(CCl)CCCC1)c1ccn[nH]1. The van der Waals surface area contributed by atoms with E-state index in [1.54, 1.807) is 0 Å². The number of H-pyrrole nitrogens is 1. The van der Waals surface area contributed by atoms with Crippen LogP contribution in [0.15, 0.2) is 17.3 Å². The van der Waals surface area contributed by atoms with E-state index in [1.165, 1.54) is 12.3 Å². The summed E-state index contributed by atoms with van der Waals surface area (Å²) in [5.41, 5.74) is -0.0748. The highest BCUT2D eigenvalue weighted by Gasteiger charge is 2.34. The number of halogens is 1. The smallest absolute Gasteiger partial charge is 0.257 e. The van der Waals surface area contributed by atoms with Gasteiger partial charge in [-0.05, 0) is 24.3 Å². The number of nitrogens with zero attached hydrogens (tertiary/aromatic N) is 1. The molecule has 0 atom stereocenters. The van der Waals surface area contributed by atoms with Crippen LogP contribution in [0.3, 0.4) is 0 Å². The lowest BCUT2D eigenvalue weighted by atomic mass is 9.89. The van der Waals surface area contributed by atoms with Crippen LogP contribution < -0.4 is 4.72 Å². The summed E-state index contributed by atoms with van der Waals surface area (Å²) >= 11 is 5.96. The average Bonchev–Trinajstić information content (AvgIpc) is 2.99. The summed E-state index contributed by atoms with van der Waals surface area (Å²) in [4.78, 5) is 0. The van der Waals surface area contributed by atoms with Gasteiger partial charge in [0.15, 0.2) is 5.03 Å². The van der Waals surface area contributed by atoms with E-state index >= 15 is 0 Å². The fourth-order valence-corrected chi connectivity index (χ4v) is 3.63. The van der Waals surface area contributed by atoms with Crippen molar-refractivity contribution >= 4 is 21.6 Å². The Kier molecular flexibility index (Phi) is 3.75. The van der Waals surface area contributed by atoms with Crippen molar-refractivity contribution in [3.8, 4) is 0 Å². The monoisotopic (exact) mass is 277 g/mol. The van der Waals surface area contributed by atoms with Crippen molar-refractivity contribution in [2.75, 3.05) is 12.4 Å². The Hall–Kier alpha value is -0.590. The molecule has 0 aliphatic heterocycles. The minimum Gasteiger partial charge on any atom is -0.266 e. The zero-order valence-corrected chi connectivity index (χ0v) is 11.0. The minimum atomic E-state index is -3.48. The number of aromatic nitrogens is 2. The molecule has 1 saturated carbocycles. The zero-order valence-electron chi connectivity index (χ0n) is 9.45. The quantitative estimate of drug-likeness (QED) is 0.801. The topological polar surface area (TPSA) is 74.8 Å². The molecule has 0 bridgehead atoms. The van der Waals surface area contributed by atoms with E-state index < -0.39 is 10.0 Å². The molecule has 0 unspecified atom stereocenters. The van der Waals surface area contributed by atoms with E-state index in [9.17, 15) is 8.42 Å². The third-order valence-corrected chi connectivity index (χ3v) is 5.25. The van der Waals surface area contributed by atoms with E-state index in [0.717, 1.165) is 25.7 Å². The minimum absolute atomic E-state index is 0.0748. The highest BCUT2D eigenvalue weighted by Crippen LogP contribution is 2.38. The van der Waals surface area contributed by atoms with E-state index in [0.29, 0.717) is 12.4 Å². The molecule has 0 amide bonds. The van der Waals surface area contributed by atoms with E-state index in [-0.39, 0.29) is 10.4 Å². The van der Waals surface area contributed by atoms with Gasteiger partial charge in [-0.15, -0.1) is 11.6 Å². The van der Waals surface area contributed by atoms with Crippen molar-refractivity contribution in [1.82, 2.24) is 14.9 Å². The Bertz CT molecular complexity index is 452. The van der Waals surface area contributed by atoms with E-state index in [2.05, 4.69) is 14.9 Å². The molecule has 1 aromatic heterocycles. The summed E-state index contributed by atoms with van der Waals surface area (Å²) in [5.74, 6) is 0.499.